The van der Waals surface area contributed by atoms with Gasteiger partial charge in [-0.3, -0.25) is 4.98 Å². The first kappa shape index (κ1) is 13.3. The average molecular weight is 345 g/mol. The normalized spacial score (nSPS) is 10.4. The second kappa shape index (κ2) is 6.20. The van der Waals surface area contributed by atoms with E-state index >= 15 is 0 Å². The second-order valence-corrected chi connectivity index (χ2v) is 6.21. The van der Waals surface area contributed by atoms with Crippen LogP contribution in [-0.4, -0.2) is 4.98 Å². The van der Waals surface area contributed by atoms with Crippen molar-refractivity contribution < 1.29 is 0 Å². The Bertz CT molecular complexity index is 678. The third kappa shape index (κ3) is 3.08. The van der Waals surface area contributed by atoms with Gasteiger partial charge < -0.3 is 5.32 Å². The minimum absolute atomic E-state index is 0.718. The summed E-state index contributed by atoms with van der Waals surface area (Å²) in [6.07, 6.45) is 1.82. The van der Waals surface area contributed by atoms with Gasteiger partial charge in [-0.25, -0.2) is 0 Å². The number of aromatic nitrogens is 1. The molecular weight excluding hydrogens is 332 g/mol. The molecule has 4 heteroatoms. The van der Waals surface area contributed by atoms with Crippen LogP contribution in [0, 0.1) is 0 Å². The van der Waals surface area contributed by atoms with Crippen LogP contribution in [-0.2, 0) is 6.54 Å². The molecule has 0 bridgehead atoms. The molecule has 100 valence electrons. The lowest BCUT2D eigenvalue weighted by atomic mass is 10.1. The van der Waals surface area contributed by atoms with Gasteiger partial charge in [-0.1, -0.05) is 24.3 Å². The summed E-state index contributed by atoms with van der Waals surface area (Å²) in [6.45, 7) is 0.718. The van der Waals surface area contributed by atoms with Crippen LogP contribution in [0.15, 0.2) is 64.6 Å². The summed E-state index contributed by atoms with van der Waals surface area (Å²) in [7, 11) is 0. The number of benzene rings is 1. The molecule has 0 saturated heterocycles. The molecule has 0 atom stereocenters. The standard InChI is InChI=1S/C16H13BrN2S/c17-12-7-8-13(18-10-12)11-19-15-5-2-1-4-14(15)16-6-3-9-20-16/h1-10,19H,11H2. The first-order valence-corrected chi connectivity index (χ1v) is 7.97. The Balaban J connectivity index is 1.79. The van der Waals surface area contributed by atoms with Crippen LogP contribution in [0.2, 0.25) is 0 Å². The molecule has 0 aliphatic carbocycles. The molecule has 0 aliphatic rings. The van der Waals surface area contributed by atoms with E-state index in [-0.39, 0.29) is 0 Å². The smallest absolute Gasteiger partial charge is 0.0595 e. The number of nitrogens with one attached hydrogen (secondary N) is 1. The molecule has 3 aromatic rings. The molecule has 0 radical (unpaired) electrons. The number of halogens is 1. The SMILES string of the molecule is Brc1ccc(CNc2ccccc2-c2cccs2)nc1. The number of rotatable bonds is 4. The fourth-order valence-electron chi connectivity index (χ4n) is 1.98. The third-order valence-corrected chi connectivity index (χ3v) is 4.33. The molecule has 0 saturated carbocycles. The molecule has 0 fully saturated rings. The predicted molar refractivity (Wildman–Crippen MR) is 89.0 cm³/mol. The largest absolute Gasteiger partial charge is 0.379 e. The summed E-state index contributed by atoms with van der Waals surface area (Å²) in [4.78, 5) is 5.65. The highest BCUT2D eigenvalue weighted by Crippen LogP contribution is 2.31. The summed E-state index contributed by atoms with van der Waals surface area (Å²) < 4.78 is 1.00. The summed E-state index contributed by atoms with van der Waals surface area (Å²) in [5, 5.41) is 5.57. The highest BCUT2D eigenvalue weighted by Gasteiger charge is 2.05. The van der Waals surface area contributed by atoms with E-state index in [1.807, 2.05) is 18.3 Å². The van der Waals surface area contributed by atoms with E-state index in [4.69, 9.17) is 0 Å². The molecule has 2 heterocycles. The Kier molecular flexibility index (Phi) is 4.14. The number of pyridine rings is 1. The monoisotopic (exact) mass is 344 g/mol. The maximum Gasteiger partial charge on any atom is 0.0595 e. The summed E-state index contributed by atoms with van der Waals surface area (Å²) in [6, 6.07) is 16.6. The van der Waals surface area contributed by atoms with Crippen LogP contribution in [0.25, 0.3) is 10.4 Å². The Hall–Kier alpha value is -1.65. The molecule has 0 spiro atoms. The Morgan fingerprint density at radius 1 is 1.05 bits per heavy atom. The van der Waals surface area contributed by atoms with Gasteiger partial charge >= 0.3 is 0 Å². The highest BCUT2D eigenvalue weighted by molar-refractivity contribution is 9.10. The second-order valence-electron chi connectivity index (χ2n) is 4.34. The molecule has 3 rings (SSSR count). The molecule has 0 unspecified atom stereocenters. The van der Waals surface area contributed by atoms with E-state index < -0.39 is 0 Å². The Labute approximate surface area is 130 Å². The van der Waals surface area contributed by atoms with E-state index in [1.165, 1.54) is 10.4 Å². The van der Waals surface area contributed by atoms with Crippen molar-refractivity contribution in [2.24, 2.45) is 0 Å². The highest BCUT2D eigenvalue weighted by atomic mass is 79.9. The van der Waals surface area contributed by atoms with Gasteiger partial charge in [0.05, 0.1) is 12.2 Å². The van der Waals surface area contributed by atoms with Gasteiger partial charge in [0.2, 0.25) is 0 Å². The molecule has 1 aromatic carbocycles. The van der Waals surface area contributed by atoms with Crippen LogP contribution < -0.4 is 5.32 Å². The topological polar surface area (TPSA) is 24.9 Å². The molecular formula is C16H13BrN2S. The fourth-order valence-corrected chi connectivity index (χ4v) is 2.98. The summed E-state index contributed by atoms with van der Waals surface area (Å²) in [5.74, 6) is 0. The van der Waals surface area contributed by atoms with E-state index in [2.05, 4.69) is 68.0 Å². The maximum atomic E-state index is 4.38. The van der Waals surface area contributed by atoms with Crippen molar-refractivity contribution >= 4 is 33.0 Å². The Morgan fingerprint density at radius 3 is 2.70 bits per heavy atom. The minimum Gasteiger partial charge on any atom is -0.379 e. The lowest BCUT2D eigenvalue weighted by molar-refractivity contribution is 1.04. The van der Waals surface area contributed by atoms with Crippen LogP contribution in [0.3, 0.4) is 0 Å². The third-order valence-electron chi connectivity index (χ3n) is 2.96. The predicted octanol–water partition coefficient (Wildman–Crippen LogP) is 5.18. The molecule has 1 N–H and O–H groups in total. The van der Waals surface area contributed by atoms with Crippen molar-refractivity contribution in [3.8, 4) is 10.4 Å². The minimum atomic E-state index is 0.718. The van der Waals surface area contributed by atoms with E-state index in [0.717, 1.165) is 22.4 Å². The van der Waals surface area contributed by atoms with Crippen LogP contribution >= 0.6 is 27.3 Å². The van der Waals surface area contributed by atoms with Gasteiger partial charge in [-0.2, -0.15) is 0 Å². The first-order valence-electron chi connectivity index (χ1n) is 6.30. The summed E-state index contributed by atoms with van der Waals surface area (Å²) in [5.41, 5.74) is 3.40. The van der Waals surface area contributed by atoms with E-state index in [1.54, 1.807) is 11.3 Å². The van der Waals surface area contributed by atoms with Crippen molar-refractivity contribution in [2.45, 2.75) is 6.54 Å². The van der Waals surface area contributed by atoms with Crippen molar-refractivity contribution in [2.75, 3.05) is 5.32 Å². The first-order chi connectivity index (χ1) is 9.83. The van der Waals surface area contributed by atoms with Crippen LogP contribution in [0.5, 0.6) is 0 Å². The lowest BCUT2D eigenvalue weighted by Gasteiger charge is -2.10. The van der Waals surface area contributed by atoms with E-state index in [9.17, 15) is 0 Å². The molecule has 20 heavy (non-hydrogen) atoms. The van der Waals surface area contributed by atoms with Crippen molar-refractivity contribution in [3.05, 3.63) is 70.3 Å². The average Bonchev–Trinajstić information content (AvgIpc) is 3.01. The zero-order valence-corrected chi connectivity index (χ0v) is 13.1. The van der Waals surface area contributed by atoms with Gasteiger partial charge in [0.1, 0.15) is 0 Å². The zero-order chi connectivity index (χ0) is 13.8. The van der Waals surface area contributed by atoms with Crippen LogP contribution in [0.1, 0.15) is 5.69 Å². The van der Waals surface area contributed by atoms with Crippen molar-refractivity contribution in [1.29, 1.82) is 0 Å². The van der Waals surface area contributed by atoms with Crippen LogP contribution in [0.4, 0.5) is 5.69 Å². The van der Waals surface area contributed by atoms with Gasteiger partial charge in [-0.15, -0.1) is 11.3 Å². The number of hydrogen-bond donors (Lipinski definition) is 1. The van der Waals surface area contributed by atoms with Gasteiger partial charge in [-0.05, 0) is 45.6 Å². The lowest BCUT2D eigenvalue weighted by Crippen LogP contribution is -2.02. The number of para-hydroxylation sites is 1. The van der Waals surface area contributed by atoms with Gasteiger partial charge in [0.15, 0.2) is 0 Å². The van der Waals surface area contributed by atoms with Crippen molar-refractivity contribution in [3.63, 3.8) is 0 Å². The maximum absolute atomic E-state index is 4.38. The number of anilines is 1. The zero-order valence-electron chi connectivity index (χ0n) is 10.7. The quantitative estimate of drug-likeness (QED) is 0.704. The Morgan fingerprint density at radius 2 is 1.95 bits per heavy atom. The molecule has 2 aromatic heterocycles. The van der Waals surface area contributed by atoms with Gasteiger partial charge in [0.25, 0.3) is 0 Å². The number of nitrogens with zero attached hydrogens (tertiary/aromatic N) is 1. The molecule has 2 nitrogen and oxygen atoms in total. The van der Waals surface area contributed by atoms with Crippen molar-refractivity contribution in [1.82, 2.24) is 4.98 Å². The fraction of sp³-hybridized carbons (Fsp3) is 0.0625. The van der Waals surface area contributed by atoms with E-state index in [0.29, 0.717) is 0 Å². The summed E-state index contributed by atoms with van der Waals surface area (Å²) >= 11 is 5.15. The van der Waals surface area contributed by atoms with Gasteiger partial charge in [0, 0.05) is 26.8 Å². The molecule has 0 amide bonds. The number of hydrogen-bond acceptors (Lipinski definition) is 3. The number of thiophene rings is 1. The molecule has 0 aliphatic heterocycles.